The fourth-order valence-electron chi connectivity index (χ4n) is 1.85. The monoisotopic (exact) mass is 248 g/mol. The first-order chi connectivity index (χ1) is 8.81. The minimum absolute atomic E-state index is 0.631. The highest BCUT2D eigenvalue weighted by molar-refractivity contribution is 5.71. The second-order valence-electron chi connectivity index (χ2n) is 3.70. The van der Waals surface area contributed by atoms with Crippen LogP contribution in [0.4, 0.5) is 0 Å². The molecule has 0 radical (unpaired) electrons. The molecule has 0 aliphatic heterocycles. The predicted octanol–water partition coefficient (Wildman–Crippen LogP) is 2.08. The summed E-state index contributed by atoms with van der Waals surface area (Å²) in [4.78, 5) is 4.19. The molecule has 0 bridgehead atoms. The Labute approximate surface area is 106 Å². The van der Waals surface area contributed by atoms with E-state index >= 15 is 0 Å². The predicted molar refractivity (Wildman–Crippen MR) is 67.8 cm³/mol. The Morgan fingerprint density at radius 2 is 2.11 bits per heavy atom. The molecule has 1 N–H and O–H groups in total. The highest BCUT2D eigenvalue weighted by Crippen LogP contribution is 2.38. The van der Waals surface area contributed by atoms with E-state index in [0.717, 1.165) is 11.3 Å². The summed E-state index contributed by atoms with van der Waals surface area (Å²) in [6, 6.07) is 5.65. The van der Waals surface area contributed by atoms with Gasteiger partial charge in [-0.3, -0.25) is 0 Å². The number of ether oxygens (including phenoxy) is 2. The number of hydrogen-bond acceptors (Lipinski definition) is 5. The molecule has 1 heterocycles. The highest BCUT2D eigenvalue weighted by atomic mass is 16.5. The van der Waals surface area contributed by atoms with Gasteiger partial charge < -0.3 is 19.2 Å². The van der Waals surface area contributed by atoms with Crippen molar-refractivity contribution in [3.8, 4) is 22.8 Å². The Kier molecular flexibility index (Phi) is 3.84. The molecule has 18 heavy (non-hydrogen) atoms. The molecule has 5 nitrogen and oxygen atoms in total. The molecule has 0 saturated heterocycles. The van der Waals surface area contributed by atoms with Crippen LogP contribution >= 0.6 is 0 Å². The lowest BCUT2D eigenvalue weighted by Gasteiger charge is -2.11. The zero-order valence-electron chi connectivity index (χ0n) is 10.7. The number of aromatic nitrogens is 1. The first-order valence-electron chi connectivity index (χ1n) is 5.60. The SMILES string of the molecule is CNCc1ncoc1-c1cccc(OC)c1OC. The normalized spacial score (nSPS) is 10.4. The van der Waals surface area contributed by atoms with Gasteiger partial charge in [0.2, 0.25) is 0 Å². The Bertz CT molecular complexity index is 523. The molecule has 1 aromatic heterocycles. The molecule has 2 rings (SSSR count). The standard InChI is InChI=1S/C13H16N2O3/c1-14-7-10-12(18-8-15-10)9-5-4-6-11(16-2)13(9)17-3/h4-6,8,14H,7H2,1-3H3. The summed E-state index contributed by atoms with van der Waals surface area (Å²) in [5.74, 6) is 2.01. The quantitative estimate of drug-likeness (QED) is 0.878. The third-order valence-corrected chi connectivity index (χ3v) is 2.63. The van der Waals surface area contributed by atoms with Crippen LogP contribution in [0.15, 0.2) is 29.0 Å². The fourth-order valence-corrected chi connectivity index (χ4v) is 1.85. The van der Waals surface area contributed by atoms with Crippen molar-refractivity contribution in [2.75, 3.05) is 21.3 Å². The summed E-state index contributed by atoms with van der Waals surface area (Å²) in [6.07, 6.45) is 1.43. The van der Waals surface area contributed by atoms with Crippen molar-refractivity contribution in [2.24, 2.45) is 0 Å². The third kappa shape index (κ3) is 2.17. The molecule has 5 heteroatoms. The van der Waals surface area contributed by atoms with Crippen LogP contribution in [0, 0.1) is 0 Å². The van der Waals surface area contributed by atoms with E-state index in [4.69, 9.17) is 13.9 Å². The zero-order valence-corrected chi connectivity index (χ0v) is 10.7. The number of rotatable bonds is 5. The number of nitrogens with zero attached hydrogens (tertiary/aromatic N) is 1. The minimum Gasteiger partial charge on any atom is -0.493 e. The molecule has 96 valence electrons. The number of oxazole rings is 1. The van der Waals surface area contributed by atoms with E-state index in [1.165, 1.54) is 6.39 Å². The number of hydrogen-bond donors (Lipinski definition) is 1. The van der Waals surface area contributed by atoms with Gasteiger partial charge in [0, 0.05) is 6.54 Å². The zero-order chi connectivity index (χ0) is 13.0. The summed E-state index contributed by atoms with van der Waals surface area (Å²) < 4.78 is 16.1. The van der Waals surface area contributed by atoms with Crippen molar-refractivity contribution in [3.05, 3.63) is 30.3 Å². The number of para-hydroxylation sites is 1. The van der Waals surface area contributed by atoms with Gasteiger partial charge in [-0.05, 0) is 19.2 Å². The van der Waals surface area contributed by atoms with Crippen molar-refractivity contribution in [1.82, 2.24) is 10.3 Å². The molecular weight excluding hydrogens is 232 g/mol. The highest BCUT2D eigenvalue weighted by Gasteiger charge is 2.17. The summed E-state index contributed by atoms with van der Waals surface area (Å²) in [5, 5.41) is 3.05. The first kappa shape index (κ1) is 12.4. The van der Waals surface area contributed by atoms with Crippen LogP contribution in [0.5, 0.6) is 11.5 Å². The average molecular weight is 248 g/mol. The van der Waals surface area contributed by atoms with Gasteiger partial charge in [0.25, 0.3) is 0 Å². The Morgan fingerprint density at radius 3 is 2.78 bits per heavy atom. The van der Waals surface area contributed by atoms with E-state index in [0.29, 0.717) is 23.8 Å². The van der Waals surface area contributed by atoms with Crippen LogP contribution < -0.4 is 14.8 Å². The van der Waals surface area contributed by atoms with E-state index in [9.17, 15) is 0 Å². The second kappa shape index (κ2) is 5.55. The van der Waals surface area contributed by atoms with E-state index < -0.39 is 0 Å². The van der Waals surface area contributed by atoms with Crippen molar-refractivity contribution in [3.63, 3.8) is 0 Å². The molecule has 0 spiro atoms. The Hall–Kier alpha value is -2.01. The van der Waals surface area contributed by atoms with Gasteiger partial charge in [0.15, 0.2) is 23.7 Å². The van der Waals surface area contributed by atoms with Gasteiger partial charge in [-0.15, -0.1) is 0 Å². The smallest absolute Gasteiger partial charge is 0.181 e. The maximum atomic E-state index is 5.46. The molecule has 0 saturated carbocycles. The topological polar surface area (TPSA) is 56.5 Å². The maximum Gasteiger partial charge on any atom is 0.181 e. The number of nitrogens with one attached hydrogen (secondary N) is 1. The molecule has 2 aromatic rings. The summed E-state index contributed by atoms with van der Waals surface area (Å²) >= 11 is 0. The minimum atomic E-state index is 0.631. The molecule has 0 fully saturated rings. The van der Waals surface area contributed by atoms with E-state index in [1.807, 2.05) is 25.2 Å². The summed E-state index contributed by atoms with van der Waals surface area (Å²) in [6.45, 7) is 0.631. The van der Waals surface area contributed by atoms with Crippen molar-refractivity contribution >= 4 is 0 Å². The Morgan fingerprint density at radius 1 is 1.28 bits per heavy atom. The van der Waals surface area contributed by atoms with Gasteiger partial charge in [-0.1, -0.05) is 6.07 Å². The molecule has 0 amide bonds. The van der Waals surface area contributed by atoms with E-state index in [-0.39, 0.29) is 0 Å². The average Bonchev–Trinajstić information content (AvgIpc) is 2.86. The van der Waals surface area contributed by atoms with Gasteiger partial charge >= 0.3 is 0 Å². The summed E-state index contributed by atoms with van der Waals surface area (Å²) in [7, 11) is 5.08. The first-order valence-corrected chi connectivity index (χ1v) is 5.60. The van der Waals surface area contributed by atoms with Crippen LogP contribution in [-0.2, 0) is 6.54 Å². The van der Waals surface area contributed by atoms with Gasteiger partial charge in [-0.25, -0.2) is 4.98 Å². The molecule has 0 aliphatic carbocycles. The molecular formula is C13H16N2O3. The van der Waals surface area contributed by atoms with Gasteiger partial charge in [0.1, 0.15) is 5.69 Å². The van der Waals surface area contributed by atoms with Gasteiger partial charge in [-0.2, -0.15) is 0 Å². The number of methoxy groups -OCH3 is 2. The lowest BCUT2D eigenvalue weighted by atomic mass is 10.1. The molecule has 1 aromatic carbocycles. The van der Waals surface area contributed by atoms with Crippen LogP contribution in [0.1, 0.15) is 5.69 Å². The maximum absolute atomic E-state index is 5.46. The van der Waals surface area contributed by atoms with Crippen LogP contribution in [0.2, 0.25) is 0 Å². The van der Waals surface area contributed by atoms with E-state index in [2.05, 4.69) is 10.3 Å². The largest absolute Gasteiger partial charge is 0.493 e. The van der Waals surface area contributed by atoms with Crippen molar-refractivity contribution in [1.29, 1.82) is 0 Å². The van der Waals surface area contributed by atoms with E-state index in [1.54, 1.807) is 14.2 Å². The van der Waals surface area contributed by atoms with Gasteiger partial charge in [0.05, 0.1) is 19.8 Å². The van der Waals surface area contributed by atoms with Crippen LogP contribution in [0.3, 0.4) is 0 Å². The second-order valence-corrected chi connectivity index (χ2v) is 3.70. The molecule has 0 aliphatic rings. The van der Waals surface area contributed by atoms with Crippen LogP contribution in [-0.4, -0.2) is 26.3 Å². The van der Waals surface area contributed by atoms with Crippen molar-refractivity contribution < 1.29 is 13.9 Å². The van der Waals surface area contributed by atoms with Crippen LogP contribution in [0.25, 0.3) is 11.3 Å². The summed E-state index contributed by atoms with van der Waals surface area (Å²) in [5.41, 5.74) is 1.67. The third-order valence-electron chi connectivity index (χ3n) is 2.63. The van der Waals surface area contributed by atoms with Crippen molar-refractivity contribution in [2.45, 2.75) is 6.54 Å². The fraction of sp³-hybridized carbons (Fsp3) is 0.308. The number of benzene rings is 1. The lowest BCUT2D eigenvalue weighted by molar-refractivity contribution is 0.355. The molecule has 0 unspecified atom stereocenters. The molecule has 0 atom stereocenters. The lowest BCUT2D eigenvalue weighted by Crippen LogP contribution is -2.06. The Balaban J connectivity index is 2.52.